The first-order valence-corrected chi connectivity index (χ1v) is 15.6. The molecule has 4 rings (SSSR count). The summed E-state index contributed by atoms with van der Waals surface area (Å²) in [6, 6.07) is 12.6. The van der Waals surface area contributed by atoms with E-state index in [0.717, 1.165) is 64.0 Å². The summed E-state index contributed by atoms with van der Waals surface area (Å²) in [5.74, 6) is -0.0306. The molecule has 1 aliphatic heterocycles. The van der Waals surface area contributed by atoms with Crippen LogP contribution in [-0.4, -0.2) is 72.7 Å². The molecular formula is C31H44N2O9S. The second kappa shape index (κ2) is 18.7. The fraction of sp³-hybridized carbons (Fsp3) is 0.548. The van der Waals surface area contributed by atoms with Crippen LogP contribution < -0.4 is 14.8 Å². The Balaban J connectivity index is 0.00000248. The highest BCUT2D eigenvalue weighted by Crippen LogP contribution is 2.40. The third-order valence-corrected chi connectivity index (χ3v) is 7.92. The summed E-state index contributed by atoms with van der Waals surface area (Å²) in [4.78, 5) is 26.0. The van der Waals surface area contributed by atoms with E-state index in [-0.39, 0.29) is 30.5 Å². The Kier molecular flexibility index (Phi) is 15.1. The first kappa shape index (κ1) is 34.6. The third-order valence-electron chi connectivity index (χ3n) is 7.05. The molecule has 1 heterocycles. The molecule has 12 heteroatoms. The van der Waals surface area contributed by atoms with Crippen molar-refractivity contribution in [3.8, 4) is 11.5 Å². The summed E-state index contributed by atoms with van der Waals surface area (Å²) >= 11 is 1.14. The standard InChI is InChI=1S/C30H40N2O8S.CH4O/c1-2-3-14-31-24-15-21(30(36)39-19-38-29(35)20-10-6-4-7-11-20)16-26(27(24)40-23-12-8-5-9-13-23)41-32-28-25(34)17-22(33)18-37-28;1-2/h5,8-9,12-13,15-16,20,22,25,28,31-34H,2-4,6-7,10-11,14,17-19H2,1H3;2H,1H3. The van der Waals surface area contributed by atoms with Gasteiger partial charge < -0.3 is 39.6 Å². The molecule has 0 amide bonds. The van der Waals surface area contributed by atoms with Gasteiger partial charge in [-0.2, -0.15) is 0 Å². The lowest BCUT2D eigenvalue weighted by Crippen LogP contribution is -2.47. The van der Waals surface area contributed by atoms with E-state index in [4.69, 9.17) is 24.1 Å². The Labute approximate surface area is 257 Å². The van der Waals surface area contributed by atoms with Crippen molar-refractivity contribution in [1.82, 2.24) is 4.72 Å². The predicted molar refractivity (Wildman–Crippen MR) is 163 cm³/mol. The molecule has 3 atom stereocenters. The SMILES string of the molecule is CCCCNc1cc(C(=O)OCOC(=O)C2CCCCC2)cc(SNC2OCC(O)CC2O)c1Oc1ccccc1.CO. The van der Waals surface area contributed by atoms with Crippen LogP contribution in [0.25, 0.3) is 0 Å². The minimum absolute atomic E-state index is 0.0957. The summed E-state index contributed by atoms with van der Waals surface area (Å²) in [7, 11) is 1.00. The number of carbonyl (C=O) groups is 2. The van der Waals surface area contributed by atoms with Gasteiger partial charge in [-0.05, 0) is 55.5 Å². The van der Waals surface area contributed by atoms with Gasteiger partial charge in [-0.3, -0.25) is 4.79 Å². The van der Waals surface area contributed by atoms with Crippen molar-refractivity contribution in [2.45, 2.75) is 81.6 Å². The van der Waals surface area contributed by atoms with Crippen molar-refractivity contribution in [2.75, 3.05) is 32.4 Å². The number of nitrogens with one attached hydrogen (secondary N) is 2. The summed E-state index contributed by atoms with van der Waals surface area (Å²) in [6.07, 6.45) is 4.41. The first-order chi connectivity index (χ1) is 20.9. The van der Waals surface area contributed by atoms with Gasteiger partial charge in [0, 0.05) is 20.1 Å². The lowest BCUT2D eigenvalue weighted by molar-refractivity contribution is -0.158. The van der Waals surface area contributed by atoms with Gasteiger partial charge in [0.15, 0.2) is 5.75 Å². The summed E-state index contributed by atoms with van der Waals surface area (Å²) in [5, 5.41) is 30.5. The van der Waals surface area contributed by atoms with Crippen molar-refractivity contribution in [3.63, 3.8) is 0 Å². The number of hydrogen-bond donors (Lipinski definition) is 5. The summed E-state index contributed by atoms with van der Waals surface area (Å²) in [5.41, 5.74) is 0.823. The van der Waals surface area contributed by atoms with Crippen molar-refractivity contribution in [3.05, 3.63) is 48.0 Å². The van der Waals surface area contributed by atoms with Crippen LogP contribution in [-0.2, 0) is 19.0 Å². The maximum absolute atomic E-state index is 13.1. The fourth-order valence-corrected chi connectivity index (χ4v) is 5.65. The normalized spacial score (nSPS) is 20.3. The minimum atomic E-state index is -0.918. The van der Waals surface area contributed by atoms with E-state index in [1.807, 2.05) is 30.3 Å². The number of para-hydroxylation sites is 1. The topological polar surface area (TPSA) is 156 Å². The van der Waals surface area contributed by atoms with Crippen LogP contribution in [0.5, 0.6) is 11.5 Å². The molecule has 2 fully saturated rings. The maximum atomic E-state index is 13.1. The van der Waals surface area contributed by atoms with Crippen LogP contribution in [0.15, 0.2) is 47.4 Å². The molecule has 2 aromatic rings. The average Bonchev–Trinajstić information content (AvgIpc) is 3.03. The number of hydrogen-bond acceptors (Lipinski definition) is 12. The number of aliphatic hydroxyl groups excluding tert-OH is 3. The van der Waals surface area contributed by atoms with Gasteiger partial charge in [0.2, 0.25) is 6.79 Å². The minimum Gasteiger partial charge on any atom is -0.454 e. The molecule has 1 saturated carbocycles. The molecule has 1 saturated heterocycles. The van der Waals surface area contributed by atoms with Crippen LogP contribution in [0.1, 0.15) is 68.6 Å². The van der Waals surface area contributed by atoms with Gasteiger partial charge in [-0.15, -0.1) is 0 Å². The Bertz CT molecular complexity index is 1130. The van der Waals surface area contributed by atoms with Gasteiger partial charge in [0.1, 0.15) is 12.0 Å². The van der Waals surface area contributed by atoms with E-state index in [2.05, 4.69) is 17.0 Å². The van der Waals surface area contributed by atoms with Crippen LogP contribution in [0.4, 0.5) is 5.69 Å². The van der Waals surface area contributed by atoms with Gasteiger partial charge in [0.25, 0.3) is 0 Å². The number of carbonyl (C=O) groups excluding carboxylic acids is 2. The van der Waals surface area contributed by atoms with Gasteiger partial charge in [0.05, 0.1) is 40.9 Å². The van der Waals surface area contributed by atoms with Crippen LogP contribution in [0, 0.1) is 5.92 Å². The maximum Gasteiger partial charge on any atom is 0.341 e. The highest BCUT2D eigenvalue weighted by Gasteiger charge is 2.30. The second-order valence-electron chi connectivity index (χ2n) is 10.3. The monoisotopic (exact) mass is 620 g/mol. The zero-order chi connectivity index (χ0) is 31.0. The lowest BCUT2D eigenvalue weighted by Gasteiger charge is -2.31. The van der Waals surface area contributed by atoms with Gasteiger partial charge in [-0.1, -0.05) is 50.8 Å². The molecule has 238 valence electrons. The predicted octanol–water partition coefficient (Wildman–Crippen LogP) is 4.60. The second-order valence-corrected chi connectivity index (χ2v) is 11.2. The van der Waals surface area contributed by atoms with Gasteiger partial charge in [-0.25, -0.2) is 9.52 Å². The summed E-state index contributed by atoms with van der Waals surface area (Å²) < 4.78 is 25.5. The number of aliphatic hydroxyl groups is 3. The van der Waals surface area contributed by atoms with Crippen molar-refractivity contribution >= 4 is 29.6 Å². The Morgan fingerprint density at radius 1 is 1.05 bits per heavy atom. The van der Waals surface area contributed by atoms with E-state index < -0.39 is 31.2 Å². The lowest BCUT2D eigenvalue weighted by atomic mass is 9.89. The fourth-order valence-electron chi connectivity index (χ4n) is 4.75. The zero-order valence-electron chi connectivity index (χ0n) is 24.8. The quantitative estimate of drug-likeness (QED) is 0.0919. The highest BCUT2D eigenvalue weighted by molar-refractivity contribution is 7.97. The molecule has 3 unspecified atom stereocenters. The third kappa shape index (κ3) is 11.0. The largest absolute Gasteiger partial charge is 0.454 e. The van der Waals surface area contributed by atoms with E-state index in [9.17, 15) is 19.8 Å². The Hall–Kier alpha value is -2.87. The number of ether oxygens (including phenoxy) is 4. The molecule has 43 heavy (non-hydrogen) atoms. The van der Waals surface area contributed by atoms with E-state index >= 15 is 0 Å². The number of rotatable bonds is 13. The molecule has 0 bridgehead atoms. The van der Waals surface area contributed by atoms with Gasteiger partial charge >= 0.3 is 11.9 Å². The molecule has 0 aromatic heterocycles. The molecule has 1 aliphatic carbocycles. The average molecular weight is 621 g/mol. The first-order valence-electron chi connectivity index (χ1n) is 14.8. The van der Waals surface area contributed by atoms with Crippen molar-refractivity contribution in [2.24, 2.45) is 5.92 Å². The Morgan fingerprint density at radius 3 is 2.49 bits per heavy atom. The molecule has 2 aromatic carbocycles. The van der Waals surface area contributed by atoms with Crippen molar-refractivity contribution < 1.29 is 43.9 Å². The van der Waals surface area contributed by atoms with E-state index in [1.54, 1.807) is 12.1 Å². The summed E-state index contributed by atoms with van der Waals surface area (Å²) in [6.45, 7) is 2.38. The zero-order valence-corrected chi connectivity index (χ0v) is 25.6. The molecule has 2 aliphatic rings. The van der Waals surface area contributed by atoms with Crippen LogP contribution in [0.3, 0.4) is 0 Å². The molecule has 5 N–H and O–H groups in total. The highest BCUT2D eigenvalue weighted by atomic mass is 32.2. The number of esters is 2. The van der Waals surface area contributed by atoms with E-state index in [0.29, 0.717) is 28.6 Å². The van der Waals surface area contributed by atoms with Crippen LogP contribution >= 0.6 is 11.9 Å². The number of benzene rings is 2. The number of unbranched alkanes of at least 4 members (excludes halogenated alkanes) is 1. The van der Waals surface area contributed by atoms with E-state index in [1.165, 1.54) is 0 Å². The van der Waals surface area contributed by atoms with Crippen molar-refractivity contribution in [1.29, 1.82) is 0 Å². The molecule has 0 radical (unpaired) electrons. The molecule has 0 spiro atoms. The Morgan fingerprint density at radius 2 is 1.79 bits per heavy atom. The van der Waals surface area contributed by atoms with Crippen LogP contribution in [0.2, 0.25) is 0 Å². The molecule has 11 nitrogen and oxygen atoms in total. The smallest absolute Gasteiger partial charge is 0.341 e. The number of anilines is 1. The molecular weight excluding hydrogens is 576 g/mol.